The van der Waals surface area contributed by atoms with Crippen molar-refractivity contribution in [3.63, 3.8) is 0 Å². The normalized spacial score (nSPS) is 22.2. The standard InChI is InChI=1S/C14H22N4/c1-2-4-12(3-1)18-14-13(16-9-10-17-14)11-5-7-15-8-6-11/h9-12,15H,1-8H2,(H,17,18). The third kappa shape index (κ3) is 2.64. The fourth-order valence-corrected chi connectivity index (χ4v) is 3.12. The van der Waals surface area contributed by atoms with Crippen LogP contribution < -0.4 is 10.6 Å². The zero-order chi connectivity index (χ0) is 12.2. The van der Waals surface area contributed by atoms with Crippen molar-refractivity contribution in [1.29, 1.82) is 0 Å². The molecule has 98 valence electrons. The molecule has 0 unspecified atom stereocenters. The summed E-state index contributed by atoms with van der Waals surface area (Å²) in [5, 5.41) is 7.02. The van der Waals surface area contributed by atoms with E-state index in [9.17, 15) is 0 Å². The molecule has 1 aliphatic carbocycles. The molecule has 3 rings (SSSR count). The number of hydrogen-bond acceptors (Lipinski definition) is 4. The minimum Gasteiger partial charge on any atom is -0.366 e. The Morgan fingerprint density at radius 2 is 1.72 bits per heavy atom. The summed E-state index contributed by atoms with van der Waals surface area (Å²) in [4.78, 5) is 9.11. The van der Waals surface area contributed by atoms with E-state index < -0.39 is 0 Å². The molecule has 0 aromatic carbocycles. The van der Waals surface area contributed by atoms with Crippen LogP contribution in [0.4, 0.5) is 5.82 Å². The van der Waals surface area contributed by atoms with Crippen molar-refractivity contribution >= 4 is 5.82 Å². The van der Waals surface area contributed by atoms with E-state index in [0.717, 1.165) is 18.9 Å². The number of aromatic nitrogens is 2. The van der Waals surface area contributed by atoms with Crippen LogP contribution in [0.2, 0.25) is 0 Å². The molecule has 1 aliphatic heterocycles. The van der Waals surface area contributed by atoms with Gasteiger partial charge in [0.15, 0.2) is 0 Å². The van der Waals surface area contributed by atoms with Gasteiger partial charge in [-0.15, -0.1) is 0 Å². The molecule has 2 fully saturated rings. The van der Waals surface area contributed by atoms with Gasteiger partial charge in [-0.2, -0.15) is 0 Å². The topological polar surface area (TPSA) is 49.8 Å². The van der Waals surface area contributed by atoms with E-state index in [1.807, 2.05) is 12.4 Å². The molecule has 2 N–H and O–H groups in total. The van der Waals surface area contributed by atoms with Crippen molar-refractivity contribution in [2.75, 3.05) is 18.4 Å². The van der Waals surface area contributed by atoms with E-state index in [0.29, 0.717) is 12.0 Å². The van der Waals surface area contributed by atoms with Crippen molar-refractivity contribution in [2.45, 2.75) is 50.5 Å². The molecule has 2 heterocycles. The Morgan fingerprint density at radius 3 is 2.50 bits per heavy atom. The monoisotopic (exact) mass is 246 g/mol. The van der Waals surface area contributed by atoms with Gasteiger partial charge < -0.3 is 10.6 Å². The molecule has 0 bridgehead atoms. The van der Waals surface area contributed by atoms with E-state index in [-0.39, 0.29) is 0 Å². The Balaban J connectivity index is 1.75. The fraction of sp³-hybridized carbons (Fsp3) is 0.714. The van der Waals surface area contributed by atoms with Crippen LogP contribution in [-0.2, 0) is 0 Å². The molecule has 1 saturated carbocycles. The van der Waals surface area contributed by atoms with Crippen molar-refractivity contribution in [3.8, 4) is 0 Å². The van der Waals surface area contributed by atoms with Crippen LogP contribution in [0, 0.1) is 0 Å². The first kappa shape index (κ1) is 11.9. The van der Waals surface area contributed by atoms with Crippen LogP contribution >= 0.6 is 0 Å². The lowest BCUT2D eigenvalue weighted by Crippen LogP contribution is -2.28. The van der Waals surface area contributed by atoms with E-state index in [2.05, 4.69) is 20.6 Å². The van der Waals surface area contributed by atoms with Crippen LogP contribution in [0.1, 0.15) is 50.1 Å². The Bertz CT molecular complexity index is 381. The Morgan fingerprint density at radius 1 is 1.00 bits per heavy atom. The third-order valence-corrected chi connectivity index (χ3v) is 4.15. The highest BCUT2D eigenvalue weighted by molar-refractivity contribution is 5.42. The summed E-state index contributed by atoms with van der Waals surface area (Å²) >= 11 is 0. The van der Waals surface area contributed by atoms with Crippen LogP contribution in [0.15, 0.2) is 12.4 Å². The van der Waals surface area contributed by atoms with Crippen LogP contribution in [-0.4, -0.2) is 29.1 Å². The van der Waals surface area contributed by atoms with Crippen molar-refractivity contribution in [2.24, 2.45) is 0 Å². The van der Waals surface area contributed by atoms with E-state index in [1.165, 1.54) is 44.2 Å². The number of anilines is 1. The molecule has 0 radical (unpaired) electrons. The highest BCUT2D eigenvalue weighted by atomic mass is 15.0. The molecule has 1 aromatic heterocycles. The highest BCUT2D eigenvalue weighted by Crippen LogP contribution is 2.30. The Hall–Kier alpha value is -1.16. The zero-order valence-electron chi connectivity index (χ0n) is 10.9. The van der Waals surface area contributed by atoms with E-state index in [1.54, 1.807) is 0 Å². The van der Waals surface area contributed by atoms with Gasteiger partial charge in [0.1, 0.15) is 5.82 Å². The molecule has 4 nitrogen and oxygen atoms in total. The summed E-state index contributed by atoms with van der Waals surface area (Å²) in [6, 6.07) is 0.613. The number of rotatable bonds is 3. The maximum Gasteiger partial charge on any atom is 0.148 e. The largest absolute Gasteiger partial charge is 0.366 e. The second-order valence-electron chi connectivity index (χ2n) is 5.44. The maximum atomic E-state index is 4.59. The van der Waals surface area contributed by atoms with E-state index in [4.69, 9.17) is 0 Å². The van der Waals surface area contributed by atoms with Gasteiger partial charge in [-0.1, -0.05) is 12.8 Å². The Labute approximate surface area is 109 Å². The second-order valence-corrected chi connectivity index (χ2v) is 5.44. The SMILES string of the molecule is c1cnc(C2CCNCC2)c(NC2CCCC2)n1. The van der Waals surface area contributed by atoms with E-state index >= 15 is 0 Å². The van der Waals surface area contributed by atoms with Crippen LogP contribution in [0.25, 0.3) is 0 Å². The molecular weight excluding hydrogens is 224 g/mol. The zero-order valence-corrected chi connectivity index (χ0v) is 10.9. The molecule has 2 aliphatic rings. The highest BCUT2D eigenvalue weighted by Gasteiger charge is 2.22. The molecule has 0 spiro atoms. The summed E-state index contributed by atoms with van der Waals surface area (Å²) in [5.74, 6) is 1.61. The maximum absolute atomic E-state index is 4.59. The third-order valence-electron chi connectivity index (χ3n) is 4.15. The van der Waals surface area contributed by atoms with Gasteiger partial charge in [-0.05, 0) is 38.8 Å². The number of nitrogens with zero attached hydrogens (tertiary/aromatic N) is 2. The van der Waals surface area contributed by atoms with Gasteiger partial charge in [0.2, 0.25) is 0 Å². The quantitative estimate of drug-likeness (QED) is 0.859. The summed E-state index contributed by atoms with van der Waals surface area (Å²) < 4.78 is 0. The molecule has 1 aromatic rings. The average molecular weight is 246 g/mol. The molecule has 18 heavy (non-hydrogen) atoms. The number of piperidine rings is 1. The Kier molecular flexibility index (Phi) is 3.74. The van der Waals surface area contributed by atoms with Crippen molar-refractivity contribution < 1.29 is 0 Å². The second kappa shape index (κ2) is 5.65. The predicted molar refractivity (Wildman–Crippen MR) is 72.8 cm³/mol. The van der Waals surface area contributed by atoms with Gasteiger partial charge in [0.05, 0.1) is 5.69 Å². The lowest BCUT2D eigenvalue weighted by molar-refractivity contribution is 0.453. The number of hydrogen-bond donors (Lipinski definition) is 2. The van der Waals surface area contributed by atoms with Gasteiger partial charge >= 0.3 is 0 Å². The van der Waals surface area contributed by atoms with Crippen molar-refractivity contribution in [3.05, 3.63) is 18.1 Å². The van der Waals surface area contributed by atoms with Gasteiger partial charge in [-0.3, -0.25) is 4.98 Å². The summed E-state index contributed by atoms with van der Waals surface area (Å²) in [7, 11) is 0. The smallest absolute Gasteiger partial charge is 0.148 e. The minimum atomic E-state index is 0.573. The summed E-state index contributed by atoms with van der Waals surface area (Å²) in [6.45, 7) is 2.20. The predicted octanol–water partition coefficient (Wildman–Crippen LogP) is 2.30. The minimum absolute atomic E-state index is 0.573. The lowest BCUT2D eigenvalue weighted by atomic mass is 9.94. The molecule has 0 amide bonds. The fourth-order valence-electron chi connectivity index (χ4n) is 3.12. The van der Waals surface area contributed by atoms with Crippen LogP contribution in [0.5, 0.6) is 0 Å². The van der Waals surface area contributed by atoms with Crippen LogP contribution in [0.3, 0.4) is 0 Å². The lowest BCUT2D eigenvalue weighted by Gasteiger charge is -2.24. The summed E-state index contributed by atoms with van der Waals surface area (Å²) in [6.07, 6.45) is 11.3. The van der Waals surface area contributed by atoms with Gasteiger partial charge in [0, 0.05) is 24.4 Å². The van der Waals surface area contributed by atoms with Crippen molar-refractivity contribution in [1.82, 2.24) is 15.3 Å². The number of nitrogens with one attached hydrogen (secondary N) is 2. The van der Waals surface area contributed by atoms with Gasteiger partial charge in [-0.25, -0.2) is 4.98 Å². The van der Waals surface area contributed by atoms with Gasteiger partial charge in [0.25, 0.3) is 0 Å². The first-order valence-corrected chi connectivity index (χ1v) is 7.21. The summed E-state index contributed by atoms with van der Waals surface area (Å²) in [5.41, 5.74) is 1.19. The molecule has 0 atom stereocenters. The first-order chi connectivity index (χ1) is 8.93. The first-order valence-electron chi connectivity index (χ1n) is 7.21. The molecule has 1 saturated heterocycles. The molecule has 4 heteroatoms. The molecular formula is C14H22N4. The average Bonchev–Trinajstić information content (AvgIpc) is 2.93.